The molecule has 4 rings (SSSR count). The molecule has 140 valence electrons. The van der Waals surface area contributed by atoms with Crippen LogP contribution in [0.3, 0.4) is 0 Å². The van der Waals surface area contributed by atoms with E-state index < -0.39 is 0 Å². The molecule has 5 nitrogen and oxygen atoms in total. The minimum atomic E-state index is -0.181. The summed E-state index contributed by atoms with van der Waals surface area (Å²) in [5.41, 5.74) is 1.96. The van der Waals surface area contributed by atoms with Gasteiger partial charge in [-0.3, -0.25) is 4.79 Å². The van der Waals surface area contributed by atoms with Crippen molar-refractivity contribution in [1.29, 1.82) is 0 Å². The number of allylic oxidation sites excluding steroid dienone is 5. The SMILES string of the molecule is O=C(/C=C/C1=CC2=C(CC(Cl)=C1)OCCO2)NCC1Cc2ccccc2O1. The van der Waals surface area contributed by atoms with Crippen molar-refractivity contribution in [3.05, 3.63) is 76.3 Å². The van der Waals surface area contributed by atoms with E-state index in [1.165, 1.54) is 11.6 Å². The Bertz CT molecular complexity index is 844. The first-order chi connectivity index (χ1) is 13.2. The fourth-order valence-corrected chi connectivity index (χ4v) is 3.46. The Morgan fingerprint density at radius 2 is 2.07 bits per heavy atom. The Balaban J connectivity index is 1.34. The number of rotatable bonds is 4. The average Bonchev–Trinajstić information content (AvgIpc) is 3.01. The van der Waals surface area contributed by atoms with E-state index in [4.69, 9.17) is 25.8 Å². The van der Waals surface area contributed by atoms with E-state index in [0.717, 1.165) is 23.5 Å². The molecule has 0 saturated heterocycles. The first-order valence-corrected chi connectivity index (χ1v) is 9.32. The fourth-order valence-electron chi connectivity index (χ4n) is 3.22. The molecule has 0 radical (unpaired) electrons. The van der Waals surface area contributed by atoms with E-state index in [-0.39, 0.29) is 12.0 Å². The molecule has 0 fully saturated rings. The van der Waals surface area contributed by atoms with Crippen LogP contribution in [0.5, 0.6) is 5.75 Å². The molecule has 6 heteroatoms. The van der Waals surface area contributed by atoms with Crippen LogP contribution in [0.4, 0.5) is 0 Å². The van der Waals surface area contributed by atoms with Gasteiger partial charge < -0.3 is 19.5 Å². The van der Waals surface area contributed by atoms with E-state index >= 15 is 0 Å². The maximum absolute atomic E-state index is 12.2. The second-order valence-corrected chi connectivity index (χ2v) is 7.01. The minimum absolute atomic E-state index is 0.0355. The molecule has 3 aliphatic rings. The summed E-state index contributed by atoms with van der Waals surface area (Å²) < 4.78 is 17.1. The molecule has 0 spiro atoms. The summed E-state index contributed by atoms with van der Waals surface area (Å²) in [6.45, 7) is 1.49. The van der Waals surface area contributed by atoms with Gasteiger partial charge in [0.1, 0.15) is 30.8 Å². The van der Waals surface area contributed by atoms with Crippen molar-refractivity contribution >= 4 is 17.5 Å². The summed E-state index contributed by atoms with van der Waals surface area (Å²) >= 11 is 6.24. The molecule has 1 amide bonds. The quantitative estimate of drug-likeness (QED) is 0.807. The molecule has 1 N–H and O–H groups in total. The highest BCUT2D eigenvalue weighted by atomic mass is 35.5. The molecule has 0 aromatic heterocycles. The molecule has 1 aromatic carbocycles. The van der Waals surface area contributed by atoms with Crippen molar-refractivity contribution in [2.24, 2.45) is 0 Å². The predicted molar refractivity (Wildman–Crippen MR) is 102 cm³/mol. The number of halogens is 1. The maximum Gasteiger partial charge on any atom is 0.244 e. The van der Waals surface area contributed by atoms with Gasteiger partial charge in [-0.25, -0.2) is 0 Å². The zero-order valence-electron chi connectivity index (χ0n) is 14.7. The van der Waals surface area contributed by atoms with Crippen LogP contribution in [0.25, 0.3) is 0 Å². The van der Waals surface area contributed by atoms with E-state index in [0.29, 0.717) is 37.0 Å². The molecule has 27 heavy (non-hydrogen) atoms. The lowest BCUT2D eigenvalue weighted by molar-refractivity contribution is -0.116. The van der Waals surface area contributed by atoms with Crippen LogP contribution in [0.2, 0.25) is 0 Å². The third-order valence-electron chi connectivity index (χ3n) is 4.49. The van der Waals surface area contributed by atoms with Crippen LogP contribution in [-0.2, 0) is 20.7 Å². The largest absolute Gasteiger partial charge is 0.490 e. The summed E-state index contributed by atoms with van der Waals surface area (Å²) in [4.78, 5) is 12.2. The molecule has 0 bridgehead atoms. The first kappa shape index (κ1) is 17.7. The molecular formula is C21H20ClNO4. The Hall–Kier alpha value is -2.66. The zero-order valence-corrected chi connectivity index (χ0v) is 15.5. The smallest absolute Gasteiger partial charge is 0.244 e. The van der Waals surface area contributed by atoms with E-state index in [9.17, 15) is 4.79 Å². The monoisotopic (exact) mass is 385 g/mol. The number of ether oxygens (including phenoxy) is 3. The van der Waals surface area contributed by atoms with Gasteiger partial charge in [-0.1, -0.05) is 29.8 Å². The van der Waals surface area contributed by atoms with Gasteiger partial charge in [0.25, 0.3) is 0 Å². The highest BCUT2D eigenvalue weighted by Gasteiger charge is 2.22. The fraction of sp³-hybridized carbons (Fsp3) is 0.286. The van der Waals surface area contributed by atoms with Crippen LogP contribution in [0.15, 0.2) is 70.7 Å². The van der Waals surface area contributed by atoms with Gasteiger partial charge >= 0.3 is 0 Å². The van der Waals surface area contributed by atoms with Gasteiger partial charge in [0.15, 0.2) is 5.76 Å². The molecule has 1 unspecified atom stereocenters. The lowest BCUT2D eigenvalue weighted by Gasteiger charge is -2.19. The minimum Gasteiger partial charge on any atom is -0.490 e. The normalized spacial score (nSPS) is 21.1. The number of hydrogen-bond donors (Lipinski definition) is 1. The van der Waals surface area contributed by atoms with Crippen molar-refractivity contribution < 1.29 is 19.0 Å². The van der Waals surface area contributed by atoms with E-state index in [1.54, 1.807) is 6.08 Å². The average molecular weight is 386 g/mol. The molecule has 1 aromatic rings. The number of amides is 1. The lowest BCUT2D eigenvalue weighted by atomic mass is 10.1. The molecule has 0 saturated carbocycles. The Morgan fingerprint density at radius 1 is 1.22 bits per heavy atom. The molecule has 2 heterocycles. The Kier molecular flexibility index (Phi) is 5.21. The zero-order chi connectivity index (χ0) is 18.6. The number of para-hydroxylation sites is 1. The second-order valence-electron chi connectivity index (χ2n) is 6.53. The van der Waals surface area contributed by atoms with E-state index in [1.807, 2.05) is 36.4 Å². The van der Waals surface area contributed by atoms with Gasteiger partial charge in [-0.05, 0) is 35.4 Å². The molecule has 2 aliphatic heterocycles. The summed E-state index contributed by atoms with van der Waals surface area (Å²) in [7, 11) is 0. The topological polar surface area (TPSA) is 56.8 Å². The molecule has 1 aliphatic carbocycles. The number of nitrogens with one attached hydrogen (secondary N) is 1. The van der Waals surface area contributed by atoms with Gasteiger partial charge in [0.05, 0.1) is 6.54 Å². The molecular weight excluding hydrogens is 366 g/mol. The van der Waals surface area contributed by atoms with Crippen molar-refractivity contribution in [2.45, 2.75) is 18.9 Å². The number of fused-ring (bicyclic) bond motifs is 1. The van der Waals surface area contributed by atoms with Gasteiger partial charge in [0, 0.05) is 23.9 Å². The third-order valence-corrected chi connectivity index (χ3v) is 4.73. The summed E-state index contributed by atoms with van der Waals surface area (Å²) in [6.07, 6.45) is 8.12. The maximum atomic E-state index is 12.2. The predicted octanol–water partition coefficient (Wildman–Crippen LogP) is 3.37. The second kappa shape index (κ2) is 7.92. The highest BCUT2D eigenvalue weighted by Crippen LogP contribution is 2.29. The molecule has 1 atom stereocenters. The van der Waals surface area contributed by atoms with Crippen LogP contribution in [-0.4, -0.2) is 31.8 Å². The summed E-state index contributed by atoms with van der Waals surface area (Å²) in [6, 6.07) is 7.94. The van der Waals surface area contributed by atoms with Crippen molar-refractivity contribution in [2.75, 3.05) is 19.8 Å². The number of benzene rings is 1. The van der Waals surface area contributed by atoms with Crippen molar-refractivity contribution in [3.63, 3.8) is 0 Å². The number of carbonyl (C=O) groups is 1. The summed E-state index contributed by atoms with van der Waals surface area (Å²) in [5, 5.41) is 3.52. The first-order valence-electron chi connectivity index (χ1n) is 8.94. The van der Waals surface area contributed by atoms with Gasteiger partial charge in [0.2, 0.25) is 5.91 Å². The van der Waals surface area contributed by atoms with Crippen LogP contribution in [0, 0.1) is 0 Å². The Labute approximate surface area is 162 Å². The van der Waals surface area contributed by atoms with Crippen LogP contribution >= 0.6 is 11.6 Å². The van der Waals surface area contributed by atoms with Crippen molar-refractivity contribution in [1.82, 2.24) is 5.32 Å². The Morgan fingerprint density at radius 3 is 2.96 bits per heavy atom. The standard InChI is InChI=1S/C21H20ClNO4/c22-16-9-14(10-19-20(12-16)26-8-7-25-19)5-6-21(24)23-13-17-11-15-3-1-2-4-18(15)27-17/h1-6,9-10,17H,7-8,11-13H2,(H,23,24)/b6-5+. The lowest BCUT2D eigenvalue weighted by Crippen LogP contribution is -2.33. The van der Waals surface area contributed by atoms with Crippen LogP contribution in [0.1, 0.15) is 12.0 Å². The van der Waals surface area contributed by atoms with Gasteiger partial charge in [-0.15, -0.1) is 0 Å². The summed E-state index contributed by atoms with van der Waals surface area (Å²) in [5.74, 6) is 2.12. The number of hydrogen-bond acceptors (Lipinski definition) is 4. The number of carbonyl (C=O) groups excluding carboxylic acids is 1. The van der Waals surface area contributed by atoms with Crippen LogP contribution < -0.4 is 10.1 Å². The third kappa shape index (κ3) is 4.37. The van der Waals surface area contributed by atoms with E-state index in [2.05, 4.69) is 5.32 Å². The van der Waals surface area contributed by atoms with Gasteiger partial charge in [-0.2, -0.15) is 0 Å². The van der Waals surface area contributed by atoms with Crippen molar-refractivity contribution in [3.8, 4) is 5.75 Å². The highest BCUT2D eigenvalue weighted by molar-refractivity contribution is 6.30.